The van der Waals surface area contributed by atoms with Crippen LogP contribution >= 0.6 is 0 Å². The minimum absolute atomic E-state index is 0.0454. The lowest BCUT2D eigenvalue weighted by Crippen LogP contribution is -2.29. The molecule has 1 unspecified atom stereocenters. The molecule has 9 heteroatoms. The first kappa shape index (κ1) is 26.4. The second kappa shape index (κ2) is 11.2. The smallest absolute Gasteiger partial charge is 0.295 e. The Balaban J connectivity index is 1.87. The highest BCUT2D eigenvalue weighted by Gasteiger charge is 2.46. The number of ketones is 1. The number of ether oxygens (including phenoxy) is 5. The van der Waals surface area contributed by atoms with Gasteiger partial charge in [0.25, 0.3) is 11.7 Å². The molecule has 1 amide bonds. The maximum atomic E-state index is 13.4. The van der Waals surface area contributed by atoms with E-state index in [4.69, 9.17) is 23.7 Å². The van der Waals surface area contributed by atoms with E-state index in [9.17, 15) is 14.7 Å². The fourth-order valence-electron chi connectivity index (χ4n) is 4.52. The van der Waals surface area contributed by atoms with Crippen molar-refractivity contribution in [2.75, 3.05) is 35.5 Å². The van der Waals surface area contributed by atoms with Crippen molar-refractivity contribution in [2.45, 2.75) is 12.6 Å². The third-order valence-corrected chi connectivity index (χ3v) is 6.41. The molecule has 1 aliphatic heterocycles. The van der Waals surface area contributed by atoms with Gasteiger partial charge in [0.15, 0.2) is 23.0 Å². The van der Waals surface area contributed by atoms with Crippen molar-refractivity contribution >= 4 is 17.4 Å². The number of methoxy groups -OCH3 is 5. The van der Waals surface area contributed by atoms with Crippen LogP contribution in [0, 0.1) is 0 Å². The molecule has 4 rings (SSSR count). The highest BCUT2D eigenvalue weighted by atomic mass is 16.5. The van der Waals surface area contributed by atoms with E-state index in [0.717, 1.165) is 0 Å². The Labute approximate surface area is 220 Å². The second-order valence-electron chi connectivity index (χ2n) is 8.46. The Morgan fingerprint density at radius 3 is 2.03 bits per heavy atom. The molecule has 0 aromatic heterocycles. The largest absolute Gasteiger partial charge is 0.507 e. The van der Waals surface area contributed by atoms with Gasteiger partial charge in [-0.3, -0.25) is 9.59 Å². The number of hydrogen-bond donors (Lipinski definition) is 1. The van der Waals surface area contributed by atoms with Crippen LogP contribution in [-0.2, 0) is 16.1 Å². The zero-order valence-electron chi connectivity index (χ0n) is 21.8. The molecular formula is C29H29NO8. The van der Waals surface area contributed by atoms with Gasteiger partial charge in [0, 0.05) is 12.1 Å². The third-order valence-electron chi connectivity index (χ3n) is 6.41. The minimum atomic E-state index is -0.883. The number of hydrogen-bond acceptors (Lipinski definition) is 8. The van der Waals surface area contributed by atoms with Crippen molar-refractivity contribution in [1.29, 1.82) is 0 Å². The number of amides is 1. The highest BCUT2D eigenvalue weighted by Crippen LogP contribution is 2.42. The second-order valence-corrected chi connectivity index (χ2v) is 8.46. The number of benzene rings is 3. The number of aliphatic hydroxyl groups is 1. The number of carbonyl (C=O) groups is 2. The molecule has 0 spiro atoms. The van der Waals surface area contributed by atoms with Gasteiger partial charge in [0.2, 0.25) is 0 Å². The molecule has 1 atom stereocenters. The number of likely N-dealkylation sites (tertiary alicyclic amines) is 1. The van der Waals surface area contributed by atoms with Crippen LogP contribution in [0.1, 0.15) is 22.7 Å². The molecule has 3 aromatic carbocycles. The van der Waals surface area contributed by atoms with E-state index in [1.807, 2.05) is 0 Å². The van der Waals surface area contributed by atoms with Crippen LogP contribution in [0.5, 0.6) is 28.7 Å². The molecule has 198 valence electrons. The number of rotatable bonds is 9. The molecule has 38 heavy (non-hydrogen) atoms. The fraction of sp³-hybridized carbons (Fsp3) is 0.241. The van der Waals surface area contributed by atoms with Gasteiger partial charge in [0.05, 0.1) is 47.2 Å². The predicted molar refractivity (Wildman–Crippen MR) is 140 cm³/mol. The zero-order chi connectivity index (χ0) is 27.4. The first-order valence-electron chi connectivity index (χ1n) is 11.7. The molecule has 1 heterocycles. The number of Topliss-reactive ketones (excluding diaryl/α,β-unsaturated/α-hetero) is 1. The standard InChI is InChI=1S/C29H29NO8/c1-34-20-8-6-7-18(14-20)26-25(27(31)19-10-12-22(36-3)24(15-19)38-5)28(32)29(33)30(26)16-17-9-11-21(35-2)23(13-17)37-4/h6-15,26,31H,16H2,1-5H3/b27-25-. The molecule has 0 saturated carbocycles. The summed E-state index contributed by atoms with van der Waals surface area (Å²) in [4.78, 5) is 28.2. The fourth-order valence-corrected chi connectivity index (χ4v) is 4.52. The summed E-state index contributed by atoms with van der Waals surface area (Å²) >= 11 is 0. The van der Waals surface area contributed by atoms with Crippen LogP contribution in [0.15, 0.2) is 66.2 Å². The lowest BCUT2D eigenvalue weighted by molar-refractivity contribution is -0.140. The summed E-state index contributed by atoms with van der Waals surface area (Å²) in [6.07, 6.45) is 0. The van der Waals surface area contributed by atoms with Crippen LogP contribution in [0.25, 0.3) is 5.76 Å². The van der Waals surface area contributed by atoms with Crippen molar-refractivity contribution in [3.8, 4) is 28.7 Å². The molecule has 3 aromatic rings. The molecule has 1 fully saturated rings. The van der Waals surface area contributed by atoms with Gasteiger partial charge in [0.1, 0.15) is 11.5 Å². The Hall–Kier alpha value is -4.66. The van der Waals surface area contributed by atoms with Crippen molar-refractivity contribution < 1.29 is 38.4 Å². The number of carbonyl (C=O) groups excluding carboxylic acids is 2. The van der Waals surface area contributed by atoms with E-state index in [1.54, 1.807) is 60.7 Å². The first-order valence-corrected chi connectivity index (χ1v) is 11.7. The van der Waals surface area contributed by atoms with Gasteiger partial charge in [-0.05, 0) is 53.6 Å². The molecule has 9 nitrogen and oxygen atoms in total. The maximum Gasteiger partial charge on any atom is 0.295 e. The third kappa shape index (κ3) is 4.82. The predicted octanol–water partition coefficient (Wildman–Crippen LogP) is 4.35. The van der Waals surface area contributed by atoms with Gasteiger partial charge in [-0.15, -0.1) is 0 Å². The Bertz CT molecular complexity index is 1400. The highest BCUT2D eigenvalue weighted by molar-refractivity contribution is 6.46. The summed E-state index contributed by atoms with van der Waals surface area (Å²) in [6, 6.07) is 16.2. The maximum absolute atomic E-state index is 13.4. The van der Waals surface area contributed by atoms with Gasteiger partial charge in [-0.25, -0.2) is 0 Å². The average Bonchev–Trinajstić information content (AvgIpc) is 3.21. The Morgan fingerprint density at radius 2 is 1.39 bits per heavy atom. The van der Waals surface area contributed by atoms with Gasteiger partial charge in [-0.1, -0.05) is 18.2 Å². The van der Waals surface area contributed by atoms with Crippen molar-refractivity contribution in [3.63, 3.8) is 0 Å². The Morgan fingerprint density at radius 1 is 0.763 bits per heavy atom. The molecule has 0 radical (unpaired) electrons. The first-order chi connectivity index (χ1) is 18.4. The SMILES string of the molecule is COc1cccc(C2/C(=C(/O)c3ccc(OC)c(OC)c3)C(=O)C(=O)N2Cc2ccc(OC)c(OC)c2)c1. The van der Waals surface area contributed by atoms with Gasteiger partial charge >= 0.3 is 0 Å². The van der Waals surface area contributed by atoms with E-state index >= 15 is 0 Å². The summed E-state index contributed by atoms with van der Waals surface area (Å²) in [7, 11) is 7.56. The van der Waals surface area contributed by atoms with Crippen molar-refractivity contribution in [3.05, 3.63) is 82.9 Å². The van der Waals surface area contributed by atoms with Crippen LogP contribution in [0.2, 0.25) is 0 Å². The summed E-state index contributed by atoms with van der Waals surface area (Å²) in [5.41, 5.74) is 1.57. The summed E-state index contributed by atoms with van der Waals surface area (Å²) < 4.78 is 26.8. The normalized spacial score (nSPS) is 16.3. The van der Waals surface area contributed by atoms with Gasteiger partial charge in [-0.2, -0.15) is 0 Å². The van der Waals surface area contributed by atoms with Crippen LogP contribution < -0.4 is 23.7 Å². The lowest BCUT2D eigenvalue weighted by atomic mass is 9.95. The molecule has 0 bridgehead atoms. The van der Waals surface area contributed by atoms with Gasteiger partial charge < -0.3 is 33.7 Å². The van der Waals surface area contributed by atoms with Crippen LogP contribution in [0.4, 0.5) is 0 Å². The van der Waals surface area contributed by atoms with Crippen LogP contribution in [-0.4, -0.2) is 57.2 Å². The summed E-state index contributed by atoms with van der Waals surface area (Å²) in [5, 5.41) is 11.4. The van der Waals surface area contributed by atoms with E-state index in [-0.39, 0.29) is 17.9 Å². The number of aliphatic hydroxyl groups excluding tert-OH is 1. The summed E-state index contributed by atoms with van der Waals surface area (Å²) in [5.74, 6) is 0.537. The van der Waals surface area contributed by atoms with E-state index in [0.29, 0.717) is 45.4 Å². The van der Waals surface area contributed by atoms with Crippen molar-refractivity contribution in [2.24, 2.45) is 0 Å². The average molecular weight is 520 g/mol. The van der Waals surface area contributed by atoms with Crippen LogP contribution in [0.3, 0.4) is 0 Å². The Kier molecular flexibility index (Phi) is 7.76. The van der Waals surface area contributed by atoms with E-state index in [2.05, 4.69) is 0 Å². The quantitative estimate of drug-likeness (QED) is 0.253. The lowest BCUT2D eigenvalue weighted by Gasteiger charge is -2.26. The summed E-state index contributed by atoms with van der Waals surface area (Å²) in [6.45, 7) is 0.0789. The van der Waals surface area contributed by atoms with E-state index < -0.39 is 17.7 Å². The van der Waals surface area contributed by atoms with E-state index in [1.165, 1.54) is 40.4 Å². The van der Waals surface area contributed by atoms with Crippen molar-refractivity contribution in [1.82, 2.24) is 4.90 Å². The minimum Gasteiger partial charge on any atom is -0.507 e. The molecular weight excluding hydrogens is 490 g/mol. The molecule has 1 N–H and O–H groups in total. The zero-order valence-corrected chi connectivity index (χ0v) is 21.8. The molecule has 1 aliphatic rings. The molecule has 0 aliphatic carbocycles. The topological polar surface area (TPSA) is 104 Å². The number of nitrogens with zero attached hydrogens (tertiary/aromatic N) is 1. The monoisotopic (exact) mass is 519 g/mol. The molecule has 1 saturated heterocycles.